The quantitative estimate of drug-likeness (QED) is 0.557. The van der Waals surface area contributed by atoms with Crippen LogP contribution in [0.4, 0.5) is 11.8 Å². The number of anilines is 2. The number of aliphatic hydroxyl groups excluding tert-OH is 1. The predicted molar refractivity (Wildman–Crippen MR) is 102 cm³/mol. The Morgan fingerprint density at radius 3 is 2.88 bits per heavy atom. The second-order valence-electron chi connectivity index (χ2n) is 7.54. The summed E-state index contributed by atoms with van der Waals surface area (Å²) in [6.45, 7) is 6.31. The molecule has 1 amide bonds. The van der Waals surface area contributed by atoms with Gasteiger partial charge in [-0.25, -0.2) is 4.98 Å². The average Bonchev–Trinajstić information content (AvgIpc) is 2.60. The Bertz CT molecular complexity index is 693. The molecule has 1 heterocycles. The number of aliphatic hydroxyl groups is 1. The number of amides is 1. The molecule has 1 aromatic heterocycles. The molecule has 26 heavy (non-hydrogen) atoms. The average molecular weight is 359 g/mol. The van der Waals surface area contributed by atoms with E-state index in [0.717, 1.165) is 44.9 Å². The van der Waals surface area contributed by atoms with Crippen LogP contribution in [0.2, 0.25) is 0 Å². The third-order valence-corrected chi connectivity index (χ3v) is 5.60. The topological polar surface area (TPSA) is 113 Å². The van der Waals surface area contributed by atoms with Crippen LogP contribution in [0.15, 0.2) is 18.3 Å². The number of carbonyl (C=O) groups is 1. The molecule has 7 heteroatoms. The van der Waals surface area contributed by atoms with E-state index in [2.05, 4.69) is 34.1 Å². The number of nitrogens with zero attached hydrogens (tertiary/aromatic N) is 2. The standard InChI is InChI=1S/C19H29N5O2/c1-3-8-19(9-7-12(19)2)24-18-21-11-15(16(20)26)17(23-18)22-13-5-4-6-14(25)10-13/h11,13-14,25H,2-10H2,1H3,(H2,20,26)(H2,21,22,23,24)/t13-,14+,19?/m1/s1. The summed E-state index contributed by atoms with van der Waals surface area (Å²) >= 11 is 0. The van der Waals surface area contributed by atoms with Crippen molar-refractivity contribution in [3.8, 4) is 0 Å². The van der Waals surface area contributed by atoms with Crippen molar-refractivity contribution in [2.24, 2.45) is 5.73 Å². The van der Waals surface area contributed by atoms with E-state index in [1.807, 2.05) is 0 Å². The molecular weight excluding hydrogens is 330 g/mol. The van der Waals surface area contributed by atoms with Crippen LogP contribution < -0.4 is 16.4 Å². The maximum Gasteiger partial charge on any atom is 0.254 e. The van der Waals surface area contributed by atoms with E-state index in [9.17, 15) is 9.90 Å². The molecule has 0 saturated heterocycles. The molecular formula is C19H29N5O2. The summed E-state index contributed by atoms with van der Waals surface area (Å²) in [5.74, 6) is 0.348. The van der Waals surface area contributed by atoms with E-state index in [4.69, 9.17) is 5.73 Å². The van der Waals surface area contributed by atoms with Gasteiger partial charge in [-0.3, -0.25) is 4.79 Å². The van der Waals surface area contributed by atoms with Crippen LogP contribution in [-0.2, 0) is 0 Å². The fraction of sp³-hybridized carbons (Fsp3) is 0.632. The van der Waals surface area contributed by atoms with Gasteiger partial charge in [0.05, 0.1) is 17.2 Å². The Morgan fingerprint density at radius 2 is 2.31 bits per heavy atom. The van der Waals surface area contributed by atoms with E-state index in [1.54, 1.807) is 0 Å². The molecule has 2 fully saturated rings. The first-order valence-electron chi connectivity index (χ1n) is 9.51. The highest BCUT2D eigenvalue weighted by Gasteiger charge is 2.40. The Balaban J connectivity index is 1.81. The molecule has 0 bridgehead atoms. The monoisotopic (exact) mass is 359 g/mol. The highest BCUT2D eigenvalue weighted by atomic mass is 16.3. The second-order valence-corrected chi connectivity index (χ2v) is 7.54. The van der Waals surface area contributed by atoms with Gasteiger partial charge in [-0.15, -0.1) is 0 Å². The van der Waals surface area contributed by atoms with Gasteiger partial charge in [0.25, 0.3) is 5.91 Å². The number of rotatable bonds is 7. The minimum Gasteiger partial charge on any atom is -0.393 e. The van der Waals surface area contributed by atoms with Crippen molar-refractivity contribution in [2.45, 2.75) is 76.0 Å². The summed E-state index contributed by atoms with van der Waals surface area (Å²) in [5.41, 5.74) is 6.78. The van der Waals surface area contributed by atoms with Crippen molar-refractivity contribution < 1.29 is 9.90 Å². The zero-order valence-corrected chi connectivity index (χ0v) is 15.4. The van der Waals surface area contributed by atoms with Crippen molar-refractivity contribution in [1.29, 1.82) is 0 Å². The Kier molecular flexibility index (Phi) is 5.46. The fourth-order valence-electron chi connectivity index (χ4n) is 3.98. The van der Waals surface area contributed by atoms with E-state index in [1.165, 1.54) is 11.8 Å². The van der Waals surface area contributed by atoms with Gasteiger partial charge in [-0.05, 0) is 44.9 Å². The van der Waals surface area contributed by atoms with Crippen molar-refractivity contribution in [3.63, 3.8) is 0 Å². The zero-order valence-electron chi connectivity index (χ0n) is 15.4. The predicted octanol–water partition coefficient (Wildman–Crippen LogP) is 2.59. The Labute approximate surface area is 154 Å². The van der Waals surface area contributed by atoms with E-state index >= 15 is 0 Å². The van der Waals surface area contributed by atoms with Crippen molar-refractivity contribution >= 4 is 17.7 Å². The summed E-state index contributed by atoms with van der Waals surface area (Å²) in [6, 6.07) is 0.0721. The minimum atomic E-state index is -0.563. The number of primary amides is 1. The smallest absolute Gasteiger partial charge is 0.254 e. The van der Waals surface area contributed by atoms with Gasteiger partial charge >= 0.3 is 0 Å². The third kappa shape index (κ3) is 3.82. The van der Waals surface area contributed by atoms with Gasteiger partial charge in [-0.1, -0.05) is 25.5 Å². The molecule has 0 radical (unpaired) electrons. The number of carbonyl (C=O) groups excluding carboxylic acids is 1. The molecule has 0 aliphatic heterocycles. The van der Waals surface area contributed by atoms with Crippen molar-refractivity contribution in [3.05, 3.63) is 23.9 Å². The van der Waals surface area contributed by atoms with E-state index in [0.29, 0.717) is 18.2 Å². The first-order valence-corrected chi connectivity index (χ1v) is 9.51. The zero-order chi connectivity index (χ0) is 18.7. The molecule has 5 N–H and O–H groups in total. The largest absolute Gasteiger partial charge is 0.393 e. The van der Waals surface area contributed by atoms with Gasteiger partial charge in [0, 0.05) is 12.2 Å². The van der Waals surface area contributed by atoms with Crippen LogP contribution in [-0.4, -0.2) is 38.7 Å². The van der Waals surface area contributed by atoms with Crippen molar-refractivity contribution in [2.75, 3.05) is 10.6 Å². The van der Waals surface area contributed by atoms with E-state index < -0.39 is 5.91 Å². The molecule has 1 aromatic rings. The minimum absolute atomic E-state index is 0.0721. The molecule has 0 aromatic carbocycles. The summed E-state index contributed by atoms with van der Waals surface area (Å²) in [4.78, 5) is 20.6. The maximum atomic E-state index is 11.8. The van der Waals surface area contributed by atoms with Gasteiger partial charge in [0.2, 0.25) is 5.95 Å². The molecule has 0 spiro atoms. The summed E-state index contributed by atoms with van der Waals surface area (Å²) in [6.07, 6.45) is 8.53. The highest BCUT2D eigenvalue weighted by Crippen LogP contribution is 2.42. The first kappa shape index (κ1) is 18.6. The van der Waals surface area contributed by atoms with Crippen LogP contribution >= 0.6 is 0 Å². The Hall–Kier alpha value is -2.15. The normalized spacial score (nSPS) is 28.3. The van der Waals surface area contributed by atoms with Crippen LogP contribution in [0.5, 0.6) is 0 Å². The molecule has 3 atom stereocenters. The third-order valence-electron chi connectivity index (χ3n) is 5.60. The van der Waals surface area contributed by atoms with Gasteiger partial charge < -0.3 is 21.5 Å². The number of nitrogens with one attached hydrogen (secondary N) is 2. The molecule has 3 rings (SSSR count). The summed E-state index contributed by atoms with van der Waals surface area (Å²) in [7, 11) is 0. The van der Waals surface area contributed by atoms with Crippen LogP contribution in [0.3, 0.4) is 0 Å². The van der Waals surface area contributed by atoms with Gasteiger partial charge in [0.1, 0.15) is 5.82 Å². The van der Waals surface area contributed by atoms with Crippen LogP contribution in [0.25, 0.3) is 0 Å². The van der Waals surface area contributed by atoms with E-state index in [-0.39, 0.29) is 23.2 Å². The molecule has 2 aliphatic carbocycles. The van der Waals surface area contributed by atoms with Gasteiger partial charge in [-0.2, -0.15) is 4.98 Å². The number of hydrogen-bond donors (Lipinski definition) is 4. The highest BCUT2D eigenvalue weighted by molar-refractivity contribution is 5.97. The lowest BCUT2D eigenvalue weighted by atomic mass is 9.70. The summed E-state index contributed by atoms with van der Waals surface area (Å²) < 4.78 is 0. The molecule has 2 aliphatic rings. The van der Waals surface area contributed by atoms with Crippen molar-refractivity contribution in [1.82, 2.24) is 9.97 Å². The Morgan fingerprint density at radius 1 is 1.50 bits per heavy atom. The molecule has 2 saturated carbocycles. The molecule has 1 unspecified atom stereocenters. The summed E-state index contributed by atoms with van der Waals surface area (Å²) in [5, 5.41) is 16.6. The van der Waals surface area contributed by atoms with Crippen LogP contribution in [0.1, 0.15) is 68.6 Å². The number of nitrogens with two attached hydrogens (primary N) is 1. The fourth-order valence-corrected chi connectivity index (χ4v) is 3.98. The maximum absolute atomic E-state index is 11.8. The number of hydrogen-bond acceptors (Lipinski definition) is 6. The SMILES string of the molecule is C=C1CCC1(CCC)Nc1ncc(C(N)=O)c(N[C@@H]2CCC[C@H](O)C2)n1. The second kappa shape index (κ2) is 7.61. The number of aromatic nitrogens is 2. The van der Waals surface area contributed by atoms with Crippen LogP contribution in [0, 0.1) is 0 Å². The molecule has 142 valence electrons. The lowest BCUT2D eigenvalue weighted by Gasteiger charge is -2.45. The van der Waals surface area contributed by atoms with Gasteiger partial charge in [0.15, 0.2) is 0 Å². The lowest BCUT2D eigenvalue weighted by molar-refractivity contribution is 0.100. The first-order chi connectivity index (χ1) is 12.4. The lowest BCUT2D eigenvalue weighted by Crippen LogP contribution is -2.47. The molecule has 7 nitrogen and oxygen atoms in total.